The van der Waals surface area contributed by atoms with E-state index in [9.17, 15) is 0 Å². The van der Waals surface area contributed by atoms with Gasteiger partial charge in [-0.2, -0.15) is 0 Å². The minimum atomic E-state index is 0.596. The number of rotatable bonds is 4. The molecule has 2 aliphatic rings. The Morgan fingerprint density at radius 2 is 1.40 bits per heavy atom. The average molecular weight is 275 g/mol. The quantitative estimate of drug-likeness (QED) is 0.890. The molecule has 2 nitrogen and oxygen atoms in total. The molecule has 1 N–H and O–H groups in total. The summed E-state index contributed by atoms with van der Waals surface area (Å²) in [6, 6.07) is 12.7. The van der Waals surface area contributed by atoms with Crippen molar-refractivity contribution < 1.29 is 4.74 Å². The van der Waals surface area contributed by atoms with Crippen LogP contribution in [0.4, 0.5) is 0 Å². The van der Waals surface area contributed by atoms with Crippen LogP contribution in [0.5, 0.6) is 0 Å². The Labute approximate surface area is 123 Å². The van der Waals surface area contributed by atoms with Gasteiger partial charge in [0.05, 0.1) is 6.10 Å². The molecule has 3 rings (SSSR count). The molecule has 20 heavy (non-hydrogen) atoms. The van der Waals surface area contributed by atoms with E-state index in [2.05, 4.69) is 5.32 Å². The van der Waals surface area contributed by atoms with Crippen molar-refractivity contribution in [2.75, 3.05) is 13.2 Å². The Morgan fingerprint density at radius 1 is 0.800 bits per heavy atom. The van der Waals surface area contributed by atoms with E-state index in [0.29, 0.717) is 6.10 Å². The van der Waals surface area contributed by atoms with E-state index >= 15 is 0 Å². The summed E-state index contributed by atoms with van der Waals surface area (Å²) in [4.78, 5) is 0. The van der Waals surface area contributed by atoms with Crippen molar-refractivity contribution in [1.82, 2.24) is 5.32 Å². The van der Waals surface area contributed by atoms with E-state index in [1.807, 2.05) is 36.4 Å². The molecule has 2 fully saturated rings. The van der Waals surface area contributed by atoms with E-state index in [0.717, 1.165) is 12.6 Å². The summed E-state index contributed by atoms with van der Waals surface area (Å²) in [5.74, 6) is 0. The van der Waals surface area contributed by atoms with Crippen LogP contribution in [0, 0.1) is 0 Å². The number of piperidine rings is 1. The van der Waals surface area contributed by atoms with Gasteiger partial charge in [-0.1, -0.05) is 55.7 Å². The zero-order valence-corrected chi connectivity index (χ0v) is 12.6. The van der Waals surface area contributed by atoms with Crippen LogP contribution in [0.15, 0.2) is 36.4 Å². The maximum Gasteiger partial charge on any atom is 0.0575 e. The molecule has 112 valence electrons. The Morgan fingerprint density at radius 3 is 1.95 bits per heavy atom. The van der Waals surface area contributed by atoms with Crippen molar-refractivity contribution in [3.05, 3.63) is 36.4 Å². The standard InChI is InChI=1S/C12H23NO.C6H6/c1-2-7-12(6-1)14-10-8-11-5-3-4-9-13-11;1-2-4-6-5-3-1/h11-13H,1-10H2;1-6H. The third-order valence-electron chi connectivity index (χ3n) is 4.20. The molecule has 0 bridgehead atoms. The minimum Gasteiger partial charge on any atom is -0.378 e. The highest BCUT2D eigenvalue weighted by Crippen LogP contribution is 2.21. The molecule has 1 heterocycles. The molecule has 1 saturated heterocycles. The number of ether oxygens (including phenoxy) is 1. The second-order valence-corrected chi connectivity index (χ2v) is 5.87. The number of nitrogens with one attached hydrogen (secondary N) is 1. The fourth-order valence-corrected chi connectivity index (χ4v) is 2.99. The highest BCUT2D eigenvalue weighted by atomic mass is 16.5. The van der Waals surface area contributed by atoms with Crippen LogP contribution < -0.4 is 5.32 Å². The van der Waals surface area contributed by atoms with Gasteiger partial charge >= 0.3 is 0 Å². The summed E-state index contributed by atoms with van der Waals surface area (Å²) < 4.78 is 5.87. The van der Waals surface area contributed by atoms with Crippen LogP contribution in [-0.4, -0.2) is 25.3 Å². The number of hydrogen-bond acceptors (Lipinski definition) is 2. The van der Waals surface area contributed by atoms with E-state index in [1.165, 1.54) is 57.9 Å². The summed E-state index contributed by atoms with van der Waals surface area (Å²) in [7, 11) is 0. The molecule has 1 saturated carbocycles. The summed E-state index contributed by atoms with van der Waals surface area (Å²) in [5, 5.41) is 3.56. The predicted molar refractivity (Wildman–Crippen MR) is 84.9 cm³/mol. The Hall–Kier alpha value is -0.860. The Balaban J connectivity index is 0.000000205. The largest absolute Gasteiger partial charge is 0.378 e. The molecule has 1 atom stereocenters. The molecule has 0 radical (unpaired) electrons. The summed E-state index contributed by atoms with van der Waals surface area (Å²) in [5.41, 5.74) is 0. The van der Waals surface area contributed by atoms with Gasteiger partial charge in [0.1, 0.15) is 0 Å². The smallest absolute Gasteiger partial charge is 0.0575 e. The molecular weight excluding hydrogens is 246 g/mol. The molecule has 0 spiro atoms. The Kier molecular flexibility index (Phi) is 7.73. The van der Waals surface area contributed by atoms with Crippen LogP contribution in [0.25, 0.3) is 0 Å². The van der Waals surface area contributed by atoms with Crippen molar-refractivity contribution in [2.45, 2.75) is 63.5 Å². The van der Waals surface area contributed by atoms with Crippen molar-refractivity contribution in [3.63, 3.8) is 0 Å². The predicted octanol–water partition coefficient (Wildman–Crippen LogP) is 4.16. The van der Waals surface area contributed by atoms with Gasteiger partial charge in [-0.05, 0) is 38.6 Å². The molecule has 1 unspecified atom stereocenters. The van der Waals surface area contributed by atoms with Gasteiger partial charge in [-0.15, -0.1) is 0 Å². The average Bonchev–Trinajstić information content (AvgIpc) is 3.04. The van der Waals surface area contributed by atoms with Crippen molar-refractivity contribution >= 4 is 0 Å². The number of hydrogen-bond donors (Lipinski definition) is 1. The van der Waals surface area contributed by atoms with E-state index in [-0.39, 0.29) is 0 Å². The van der Waals surface area contributed by atoms with Crippen molar-refractivity contribution in [2.24, 2.45) is 0 Å². The minimum absolute atomic E-state index is 0.596. The molecule has 0 amide bonds. The third kappa shape index (κ3) is 6.53. The highest BCUT2D eigenvalue weighted by Gasteiger charge is 2.16. The van der Waals surface area contributed by atoms with E-state index in [4.69, 9.17) is 4.74 Å². The normalized spacial score (nSPS) is 23.1. The van der Waals surface area contributed by atoms with Crippen LogP contribution in [-0.2, 0) is 4.74 Å². The second kappa shape index (κ2) is 9.95. The van der Waals surface area contributed by atoms with Crippen LogP contribution in [0.1, 0.15) is 51.4 Å². The first kappa shape index (κ1) is 15.5. The van der Waals surface area contributed by atoms with Crippen molar-refractivity contribution in [3.8, 4) is 0 Å². The van der Waals surface area contributed by atoms with Crippen LogP contribution in [0.3, 0.4) is 0 Å². The second-order valence-electron chi connectivity index (χ2n) is 5.87. The lowest BCUT2D eigenvalue weighted by Gasteiger charge is -2.23. The molecule has 1 aliphatic carbocycles. The highest BCUT2D eigenvalue weighted by molar-refractivity contribution is 4.99. The van der Waals surface area contributed by atoms with Gasteiger partial charge in [0.2, 0.25) is 0 Å². The SMILES string of the molecule is C1CCC(CCOC2CCCC2)NC1.c1ccccc1. The molecular formula is C18H29NO. The molecule has 0 aromatic heterocycles. The summed E-state index contributed by atoms with van der Waals surface area (Å²) >= 11 is 0. The lowest BCUT2D eigenvalue weighted by atomic mass is 10.0. The van der Waals surface area contributed by atoms with Gasteiger partial charge in [0, 0.05) is 12.6 Å². The molecule has 2 heteroatoms. The summed E-state index contributed by atoms with van der Waals surface area (Å²) in [6.45, 7) is 2.19. The Bertz CT molecular complexity index is 289. The zero-order chi connectivity index (χ0) is 13.9. The van der Waals surface area contributed by atoms with Crippen LogP contribution >= 0.6 is 0 Å². The van der Waals surface area contributed by atoms with Gasteiger partial charge in [0.25, 0.3) is 0 Å². The van der Waals surface area contributed by atoms with E-state index < -0.39 is 0 Å². The molecule has 1 aromatic rings. The molecule has 1 aliphatic heterocycles. The van der Waals surface area contributed by atoms with Gasteiger partial charge in [-0.25, -0.2) is 0 Å². The topological polar surface area (TPSA) is 21.3 Å². The first-order valence-electron chi connectivity index (χ1n) is 8.30. The maximum atomic E-state index is 5.87. The maximum absolute atomic E-state index is 5.87. The fraction of sp³-hybridized carbons (Fsp3) is 0.667. The monoisotopic (exact) mass is 275 g/mol. The van der Waals surface area contributed by atoms with Crippen LogP contribution in [0.2, 0.25) is 0 Å². The lowest BCUT2D eigenvalue weighted by Crippen LogP contribution is -2.35. The van der Waals surface area contributed by atoms with Gasteiger partial charge in [-0.3, -0.25) is 0 Å². The molecule has 1 aromatic carbocycles. The van der Waals surface area contributed by atoms with E-state index in [1.54, 1.807) is 0 Å². The third-order valence-corrected chi connectivity index (χ3v) is 4.20. The number of benzene rings is 1. The summed E-state index contributed by atoms with van der Waals surface area (Å²) in [6.07, 6.45) is 11.3. The van der Waals surface area contributed by atoms with Gasteiger partial charge in [0.15, 0.2) is 0 Å². The first-order valence-corrected chi connectivity index (χ1v) is 8.30. The first-order chi connectivity index (χ1) is 9.95. The zero-order valence-electron chi connectivity index (χ0n) is 12.6. The van der Waals surface area contributed by atoms with Crippen molar-refractivity contribution in [1.29, 1.82) is 0 Å². The fourth-order valence-electron chi connectivity index (χ4n) is 2.99. The lowest BCUT2D eigenvalue weighted by molar-refractivity contribution is 0.0506. The van der Waals surface area contributed by atoms with Gasteiger partial charge < -0.3 is 10.1 Å².